The molecule has 1 fully saturated rings. The third-order valence-electron chi connectivity index (χ3n) is 5.64. The smallest absolute Gasteiger partial charge is 0.254 e. The zero-order valence-electron chi connectivity index (χ0n) is 16.5. The molecule has 1 N–H and O–H groups in total. The first kappa shape index (κ1) is 20.3. The molecule has 1 aromatic heterocycles. The maximum atomic E-state index is 13.8. The highest BCUT2D eigenvalue weighted by Gasteiger charge is 2.37. The molecule has 154 valence electrons. The summed E-state index contributed by atoms with van der Waals surface area (Å²) in [5, 5.41) is 8.74. The third-order valence-corrected chi connectivity index (χ3v) is 6.38. The predicted octanol–water partition coefficient (Wildman–Crippen LogP) is 4.51. The third kappa shape index (κ3) is 3.77. The molecule has 1 saturated heterocycles. The molecule has 8 heteroatoms. The number of nitrogens with zero attached hydrogens (tertiary/aromatic N) is 3. The zero-order valence-corrected chi connectivity index (χ0v) is 18.0. The monoisotopic (exact) mass is 434 g/mol. The van der Waals surface area contributed by atoms with Gasteiger partial charge in [-0.3, -0.25) is 4.79 Å². The molecule has 2 aliphatic rings. The van der Waals surface area contributed by atoms with Crippen molar-refractivity contribution >= 4 is 34.9 Å². The Balaban J connectivity index is 1.78. The summed E-state index contributed by atoms with van der Waals surface area (Å²) < 4.78 is 7.21. The van der Waals surface area contributed by atoms with E-state index in [2.05, 4.69) is 10.4 Å². The van der Waals surface area contributed by atoms with Crippen LogP contribution >= 0.6 is 23.2 Å². The van der Waals surface area contributed by atoms with Crippen LogP contribution in [0.2, 0.25) is 10.0 Å². The minimum atomic E-state index is -0.381. The molecular formula is C21H24Cl2N4O2. The van der Waals surface area contributed by atoms with E-state index in [0.717, 1.165) is 42.9 Å². The number of benzene rings is 1. The van der Waals surface area contributed by atoms with E-state index in [1.165, 1.54) is 0 Å². The molecule has 2 aliphatic heterocycles. The number of amides is 1. The second-order valence-corrected chi connectivity index (χ2v) is 8.32. The van der Waals surface area contributed by atoms with Gasteiger partial charge in [0.25, 0.3) is 5.91 Å². The van der Waals surface area contributed by atoms with E-state index in [0.29, 0.717) is 22.2 Å². The van der Waals surface area contributed by atoms with Gasteiger partial charge in [0.05, 0.1) is 34.5 Å². The Bertz CT molecular complexity index is 954. The Morgan fingerprint density at radius 3 is 2.86 bits per heavy atom. The van der Waals surface area contributed by atoms with Gasteiger partial charge in [-0.15, -0.1) is 0 Å². The van der Waals surface area contributed by atoms with Gasteiger partial charge in [0.2, 0.25) is 0 Å². The number of rotatable bonds is 4. The molecule has 0 spiro atoms. The number of nitrogens with one attached hydrogen (secondary N) is 1. The molecular weight excluding hydrogens is 411 g/mol. The van der Waals surface area contributed by atoms with E-state index < -0.39 is 0 Å². The van der Waals surface area contributed by atoms with Crippen LogP contribution in [0, 0.1) is 0 Å². The highest BCUT2D eigenvalue weighted by Crippen LogP contribution is 2.39. The summed E-state index contributed by atoms with van der Waals surface area (Å²) >= 11 is 12.4. The van der Waals surface area contributed by atoms with Crippen LogP contribution in [0.4, 0.5) is 5.82 Å². The van der Waals surface area contributed by atoms with Crippen molar-refractivity contribution in [2.45, 2.75) is 38.3 Å². The topological polar surface area (TPSA) is 59.4 Å². The van der Waals surface area contributed by atoms with Gasteiger partial charge in [0, 0.05) is 25.4 Å². The molecule has 6 nitrogen and oxygen atoms in total. The van der Waals surface area contributed by atoms with Gasteiger partial charge >= 0.3 is 0 Å². The summed E-state index contributed by atoms with van der Waals surface area (Å²) in [4.78, 5) is 15.7. The van der Waals surface area contributed by atoms with Crippen molar-refractivity contribution in [1.82, 2.24) is 14.7 Å². The van der Waals surface area contributed by atoms with Crippen LogP contribution in [-0.2, 0) is 9.53 Å². The zero-order chi connectivity index (χ0) is 20.5. The Hall–Kier alpha value is -2.02. The van der Waals surface area contributed by atoms with Crippen LogP contribution in [-0.4, -0.2) is 46.9 Å². The van der Waals surface area contributed by atoms with Gasteiger partial charge in [-0.25, -0.2) is 4.68 Å². The fraction of sp³-hybridized carbons (Fsp3) is 0.429. The summed E-state index contributed by atoms with van der Waals surface area (Å²) in [5.74, 6) is 0.844. The van der Waals surface area contributed by atoms with Gasteiger partial charge in [0.15, 0.2) is 0 Å². The van der Waals surface area contributed by atoms with Crippen molar-refractivity contribution in [3.05, 3.63) is 57.3 Å². The van der Waals surface area contributed by atoms with Crippen molar-refractivity contribution in [2.75, 3.05) is 25.6 Å². The Kier molecular flexibility index (Phi) is 5.86. The van der Waals surface area contributed by atoms with Crippen molar-refractivity contribution in [1.29, 1.82) is 0 Å². The Morgan fingerprint density at radius 1 is 1.28 bits per heavy atom. The molecule has 1 amide bonds. The van der Waals surface area contributed by atoms with Crippen LogP contribution in [0.15, 0.2) is 41.7 Å². The number of likely N-dealkylation sites (tertiary alicyclic amines) is 1. The van der Waals surface area contributed by atoms with Crippen molar-refractivity contribution < 1.29 is 9.53 Å². The number of hydrogen-bond donors (Lipinski definition) is 1. The summed E-state index contributed by atoms with van der Waals surface area (Å²) in [6.45, 7) is 3.20. The first-order valence-electron chi connectivity index (χ1n) is 9.77. The van der Waals surface area contributed by atoms with Crippen molar-refractivity contribution in [3.63, 3.8) is 0 Å². The number of halogens is 2. The maximum absolute atomic E-state index is 13.8. The van der Waals surface area contributed by atoms with Crippen LogP contribution in [0.5, 0.6) is 0 Å². The second-order valence-electron chi connectivity index (χ2n) is 7.50. The predicted molar refractivity (Wildman–Crippen MR) is 114 cm³/mol. The molecule has 3 heterocycles. The number of carbonyl (C=O) groups is 1. The van der Waals surface area contributed by atoms with E-state index >= 15 is 0 Å². The number of aromatic nitrogens is 2. The van der Waals surface area contributed by atoms with Crippen molar-refractivity contribution in [3.8, 4) is 0 Å². The second kappa shape index (κ2) is 8.38. The Labute approximate surface area is 180 Å². The number of hydrogen-bond acceptors (Lipinski definition) is 4. The van der Waals surface area contributed by atoms with Gasteiger partial charge in [0.1, 0.15) is 11.9 Å². The first-order valence-corrected chi connectivity index (χ1v) is 10.5. The van der Waals surface area contributed by atoms with E-state index in [1.54, 1.807) is 19.4 Å². The van der Waals surface area contributed by atoms with E-state index in [1.807, 2.05) is 34.7 Å². The average molecular weight is 435 g/mol. The maximum Gasteiger partial charge on any atom is 0.254 e. The standard InChI is InChI=1S/C21H24Cl2N4O2/c1-13-19(21(28)26-10-4-3-5-15(26)12-29-2)20(27-18(25-13)8-9-24-27)14-6-7-16(22)17(23)11-14/h6-9,11,15,20,25H,3-5,10,12H2,1-2H3. The van der Waals surface area contributed by atoms with Gasteiger partial charge < -0.3 is 15.0 Å². The SMILES string of the molecule is COCC1CCCCN1C(=O)C1=C(C)Nc2ccnn2C1c1ccc(Cl)c(Cl)c1. The lowest BCUT2D eigenvalue weighted by Gasteiger charge is -2.39. The molecule has 2 atom stereocenters. The highest BCUT2D eigenvalue weighted by atomic mass is 35.5. The Morgan fingerprint density at radius 2 is 2.10 bits per heavy atom. The lowest BCUT2D eigenvalue weighted by atomic mass is 9.92. The number of allylic oxidation sites excluding steroid dienone is 1. The molecule has 0 aliphatic carbocycles. The van der Waals surface area contributed by atoms with Crippen molar-refractivity contribution in [2.24, 2.45) is 0 Å². The highest BCUT2D eigenvalue weighted by molar-refractivity contribution is 6.42. The van der Waals surface area contributed by atoms with E-state index in [9.17, 15) is 4.79 Å². The summed E-state index contributed by atoms with van der Waals surface area (Å²) in [6, 6.07) is 7.07. The number of methoxy groups -OCH3 is 1. The lowest BCUT2D eigenvalue weighted by molar-refractivity contribution is -0.132. The largest absolute Gasteiger partial charge is 0.383 e. The molecule has 4 rings (SSSR count). The van der Waals surface area contributed by atoms with Gasteiger partial charge in [-0.05, 0) is 43.9 Å². The minimum absolute atomic E-state index is 0.00831. The summed E-state index contributed by atoms with van der Waals surface area (Å²) in [6.07, 6.45) is 4.77. The number of carbonyl (C=O) groups excluding carboxylic acids is 1. The minimum Gasteiger partial charge on any atom is -0.383 e. The number of fused-ring (bicyclic) bond motifs is 1. The van der Waals surface area contributed by atoms with Gasteiger partial charge in [-0.1, -0.05) is 29.3 Å². The number of anilines is 1. The molecule has 0 saturated carbocycles. The van der Waals surface area contributed by atoms with Crippen LogP contribution in [0.1, 0.15) is 37.8 Å². The molecule has 2 unspecified atom stereocenters. The fourth-order valence-corrected chi connectivity index (χ4v) is 4.57. The first-order chi connectivity index (χ1) is 14.0. The van der Waals surface area contributed by atoms with Crippen LogP contribution < -0.4 is 5.32 Å². The molecule has 0 radical (unpaired) electrons. The van der Waals surface area contributed by atoms with Gasteiger partial charge in [-0.2, -0.15) is 5.10 Å². The number of piperidine rings is 1. The lowest BCUT2D eigenvalue weighted by Crippen LogP contribution is -2.48. The molecule has 1 aromatic carbocycles. The van der Waals surface area contributed by atoms with E-state index in [4.69, 9.17) is 27.9 Å². The summed E-state index contributed by atoms with van der Waals surface area (Å²) in [5.41, 5.74) is 2.36. The molecule has 29 heavy (non-hydrogen) atoms. The quantitative estimate of drug-likeness (QED) is 0.768. The summed E-state index contributed by atoms with van der Waals surface area (Å²) in [7, 11) is 1.68. The van der Waals surface area contributed by atoms with E-state index in [-0.39, 0.29) is 18.0 Å². The molecule has 2 aromatic rings. The average Bonchev–Trinajstić information content (AvgIpc) is 3.17. The normalized spacial score (nSPS) is 21.7. The fourth-order valence-electron chi connectivity index (χ4n) is 4.26. The molecule has 0 bridgehead atoms. The van der Waals surface area contributed by atoms with Crippen LogP contribution in [0.3, 0.4) is 0 Å². The number of ether oxygens (including phenoxy) is 1. The van der Waals surface area contributed by atoms with Crippen LogP contribution in [0.25, 0.3) is 0 Å².